The SMILES string of the molecule is O=CC(Cc1ccc(OCc2ccccc2)cc1)NC(=O)OCc1ccccc1. The smallest absolute Gasteiger partial charge is 0.408 e. The van der Waals surface area contributed by atoms with Crippen LogP contribution in [0.1, 0.15) is 16.7 Å². The molecule has 29 heavy (non-hydrogen) atoms. The van der Waals surface area contributed by atoms with E-state index in [0.717, 1.165) is 22.4 Å². The van der Waals surface area contributed by atoms with E-state index in [0.29, 0.717) is 19.3 Å². The molecular weight excluding hydrogens is 366 g/mol. The van der Waals surface area contributed by atoms with Gasteiger partial charge < -0.3 is 19.6 Å². The number of rotatable bonds is 9. The van der Waals surface area contributed by atoms with E-state index in [1.807, 2.05) is 84.9 Å². The van der Waals surface area contributed by atoms with Crippen LogP contribution in [0.2, 0.25) is 0 Å². The Bertz CT molecular complexity index is 895. The van der Waals surface area contributed by atoms with E-state index in [-0.39, 0.29) is 6.61 Å². The molecule has 1 unspecified atom stereocenters. The molecule has 1 N–H and O–H groups in total. The largest absolute Gasteiger partial charge is 0.489 e. The van der Waals surface area contributed by atoms with Crippen molar-refractivity contribution >= 4 is 12.4 Å². The van der Waals surface area contributed by atoms with Crippen molar-refractivity contribution in [2.45, 2.75) is 25.7 Å². The first-order chi connectivity index (χ1) is 14.2. The van der Waals surface area contributed by atoms with Crippen LogP contribution in [0.15, 0.2) is 84.9 Å². The Morgan fingerprint density at radius 3 is 1.97 bits per heavy atom. The number of benzene rings is 3. The molecule has 5 nitrogen and oxygen atoms in total. The molecule has 0 spiro atoms. The monoisotopic (exact) mass is 389 g/mol. The maximum Gasteiger partial charge on any atom is 0.408 e. The van der Waals surface area contributed by atoms with Gasteiger partial charge in [-0.1, -0.05) is 72.8 Å². The molecule has 0 aliphatic rings. The van der Waals surface area contributed by atoms with E-state index >= 15 is 0 Å². The fraction of sp³-hybridized carbons (Fsp3) is 0.167. The second-order valence-electron chi connectivity index (χ2n) is 6.57. The van der Waals surface area contributed by atoms with Crippen LogP contribution in [-0.4, -0.2) is 18.4 Å². The third-order valence-corrected chi connectivity index (χ3v) is 4.31. The molecule has 0 bridgehead atoms. The van der Waals surface area contributed by atoms with Crippen LogP contribution in [0, 0.1) is 0 Å². The van der Waals surface area contributed by atoms with Crippen LogP contribution in [0.4, 0.5) is 4.79 Å². The van der Waals surface area contributed by atoms with E-state index in [1.165, 1.54) is 0 Å². The number of hydrogen-bond donors (Lipinski definition) is 1. The summed E-state index contributed by atoms with van der Waals surface area (Å²) in [4.78, 5) is 23.3. The fourth-order valence-electron chi connectivity index (χ4n) is 2.77. The Morgan fingerprint density at radius 1 is 0.793 bits per heavy atom. The van der Waals surface area contributed by atoms with Gasteiger partial charge >= 0.3 is 6.09 Å². The molecular formula is C24H23NO4. The molecule has 0 aliphatic heterocycles. The van der Waals surface area contributed by atoms with Gasteiger partial charge in [-0.2, -0.15) is 0 Å². The van der Waals surface area contributed by atoms with Crippen molar-refractivity contribution < 1.29 is 19.1 Å². The molecule has 3 rings (SSSR count). The Labute approximate surface area is 170 Å². The topological polar surface area (TPSA) is 64.6 Å². The van der Waals surface area contributed by atoms with Crippen LogP contribution < -0.4 is 10.1 Å². The lowest BCUT2D eigenvalue weighted by molar-refractivity contribution is -0.109. The van der Waals surface area contributed by atoms with Gasteiger partial charge in [0.05, 0.1) is 6.04 Å². The Morgan fingerprint density at radius 2 is 1.38 bits per heavy atom. The number of ether oxygens (including phenoxy) is 2. The van der Waals surface area contributed by atoms with E-state index in [2.05, 4.69) is 5.32 Å². The number of carbonyl (C=O) groups excluding carboxylic acids is 2. The van der Waals surface area contributed by atoms with Crippen molar-refractivity contribution in [3.63, 3.8) is 0 Å². The highest BCUT2D eigenvalue weighted by atomic mass is 16.5. The van der Waals surface area contributed by atoms with Crippen LogP contribution >= 0.6 is 0 Å². The minimum absolute atomic E-state index is 0.158. The second kappa shape index (κ2) is 10.7. The van der Waals surface area contributed by atoms with Crippen molar-refractivity contribution in [2.24, 2.45) is 0 Å². The summed E-state index contributed by atoms with van der Waals surface area (Å²) in [5, 5.41) is 2.59. The molecule has 5 heteroatoms. The quantitative estimate of drug-likeness (QED) is 0.554. The van der Waals surface area contributed by atoms with Gasteiger partial charge in [0.1, 0.15) is 25.2 Å². The van der Waals surface area contributed by atoms with Crippen LogP contribution in [0.25, 0.3) is 0 Å². The molecule has 0 aromatic heterocycles. The number of aldehydes is 1. The van der Waals surface area contributed by atoms with Gasteiger partial charge in [0.2, 0.25) is 0 Å². The summed E-state index contributed by atoms with van der Waals surface area (Å²) in [5.41, 5.74) is 2.89. The zero-order chi connectivity index (χ0) is 20.3. The first-order valence-electron chi connectivity index (χ1n) is 9.41. The van der Waals surface area contributed by atoms with Gasteiger partial charge in [0, 0.05) is 0 Å². The van der Waals surface area contributed by atoms with E-state index in [4.69, 9.17) is 9.47 Å². The normalized spacial score (nSPS) is 11.3. The Balaban J connectivity index is 1.45. The lowest BCUT2D eigenvalue weighted by Crippen LogP contribution is -2.37. The number of carbonyl (C=O) groups is 2. The van der Waals surface area contributed by atoms with Crippen molar-refractivity contribution in [3.8, 4) is 5.75 Å². The number of alkyl carbamates (subject to hydrolysis) is 1. The third kappa shape index (κ3) is 6.81. The molecule has 3 aromatic carbocycles. The molecule has 1 amide bonds. The zero-order valence-corrected chi connectivity index (χ0v) is 16.0. The average Bonchev–Trinajstić information content (AvgIpc) is 2.78. The first kappa shape index (κ1) is 20.1. The molecule has 0 saturated carbocycles. The van der Waals surface area contributed by atoms with Gasteiger partial charge in [0.15, 0.2) is 0 Å². The highest BCUT2D eigenvalue weighted by Crippen LogP contribution is 2.15. The van der Waals surface area contributed by atoms with E-state index < -0.39 is 12.1 Å². The van der Waals surface area contributed by atoms with Gasteiger partial charge in [0.25, 0.3) is 0 Å². The molecule has 0 heterocycles. The van der Waals surface area contributed by atoms with Crippen molar-refractivity contribution in [3.05, 3.63) is 102 Å². The number of hydrogen-bond acceptors (Lipinski definition) is 4. The van der Waals surface area contributed by atoms with Gasteiger partial charge in [-0.25, -0.2) is 4.79 Å². The molecule has 3 aromatic rings. The van der Waals surface area contributed by atoms with Gasteiger partial charge in [-0.3, -0.25) is 0 Å². The summed E-state index contributed by atoms with van der Waals surface area (Å²) in [7, 11) is 0. The fourth-order valence-corrected chi connectivity index (χ4v) is 2.77. The maximum absolute atomic E-state index is 11.9. The van der Waals surface area contributed by atoms with Crippen LogP contribution in [0.5, 0.6) is 5.75 Å². The Kier molecular flexibility index (Phi) is 7.41. The lowest BCUT2D eigenvalue weighted by Gasteiger charge is -2.14. The van der Waals surface area contributed by atoms with Crippen LogP contribution in [-0.2, 0) is 29.2 Å². The second-order valence-corrected chi connectivity index (χ2v) is 6.57. The summed E-state index contributed by atoms with van der Waals surface area (Å²) in [5.74, 6) is 0.746. The van der Waals surface area contributed by atoms with Crippen molar-refractivity contribution in [1.29, 1.82) is 0 Å². The minimum atomic E-state index is -0.658. The summed E-state index contributed by atoms with van der Waals surface area (Å²) < 4.78 is 10.9. The minimum Gasteiger partial charge on any atom is -0.489 e. The van der Waals surface area contributed by atoms with Gasteiger partial charge in [-0.05, 0) is 35.2 Å². The van der Waals surface area contributed by atoms with Crippen molar-refractivity contribution in [2.75, 3.05) is 0 Å². The summed E-state index contributed by atoms with van der Waals surface area (Å²) >= 11 is 0. The summed E-state index contributed by atoms with van der Waals surface area (Å²) in [6.07, 6.45) is 0.473. The predicted octanol–water partition coefficient (Wildman–Crippen LogP) is 4.30. The highest BCUT2D eigenvalue weighted by Gasteiger charge is 2.13. The summed E-state index contributed by atoms with van der Waals surface area (Å²) in [6, 6.07) is 26.1. The molecule has 0 aliphatic carbocycles. The maximum atomic E-state index is 11.9. The van der Waals surface area contributed by atoms with Gasteiger partial charge in [-0.15, -0.1) is 0 Å². The number of nitrogens with one attached hydrogen (secondary N) is 1. The average molecular weight is 389 g/mol. The molecule has 0 saturated heterocycles. The van der Waals surface area contributed by atoms with E-state index in [9.17, 15) is 9.59 Å². The standard InChI is InChI=1S/C24H23NO4/c26-16-22(25-24(27)29-18-21-9-5-2-6-10-21)15-19-11-13-23(14-12-19)28-17-20-7-3-1-4-8-20/h1-14,16,22H,15,17-18H2,(H,25,27). The highest BCUT2D eigenvalue weighted by molar-refractivity contribution is 5.73. The molecule has 1 atom stereocenters. The number of amides is 1. The molecule has 0 radical (unpaired) electrons. The Hall–Kier alpha value is -3.60. The zero-order valence-electron chi connectivity index (χ0n) is 16.0. The lowest BCUT2D eigenvalue weighted by atomic mass is 10.1. The van der Waals surface area contributed by atoms with E-state index in [1.54, 1.807) is 0 Å². The van der Waals surface area contributed by atoms with Crippen LogP contribution in [0.3, 0.4) is 0 Å². The predicted molar refractivity (Wildman–Crippen MR) is 111 cm³/mol. The molecule has 0 fully saturated rings. The first-order valence-corrected chi connectivity index (χ1v) is 9.41. The third-order valence-electron chi connectivity index (χ3n) is 4.31. The molecule has 148 valence electrons. The summed E-state index contributed by atoms with van der Waals surface area (Å²) in [6.45, 7) is 0.650. The van der Waals surface area contributed by atoms with Crippen molar-refractivity contribution in [1.82, 2.24) is 5.32 Å².